The van der Waals surface area contributed by atoms with Gasteiger partial charge in [0.05, 0.1) is 5.69 Å². The van der Waals surface area contributed by atoms with Crippen LogP contribution in [0.4, 0.5) is 5.69 Å². The van der Waals surface area contributed by atoms with Crippen LogP contribution in [0.1, 0.15) is 143 Å². The van der Waals surface area contributed by atoms with Crippen LogP contribution in [-0.2, 0) is 21.7 Å². The molecule has 1 saturated heterocycles. The van der Waals surface area contributed by atoms with E-state index >= 15 is 0 Å². The lowest BCUT2D eigenvalue weighted by Gasteiger charge is -2.38. The zero-order valence-corrected chi connectivity index (χ0v) is 26.7. The van der Waals surface area contributed by atoms with E-state index in [9.17, 15) is 10.2 Å². The molecule has 3 N–H and O–H groups in total. The third kappa shape index (κ3) is 5.69. The Labute approximate surface area is 238 Å². The molecule has 0 bridgehead atoms. The summed E-state index contributed by atoms with van der Waals surface area (Å²) in [6.07, 6.45) is 4.34. The fourth-order valence-corrected chi connectivity index (χ4v) is 6.36. The molecule has 2 fully saturated rings. The van der Waals surface area contributed by atoms with Crippen molar-refractivity contribution >= 4 is 5.69 Å². The summed E-state index contributed by atoms with van der Waals surface area (Å²) in [4.78, 5) is 2.43. The number of nitrogens with zero attached hydrogens (tertiary/aromatic N) is 1. The molecule has 39 heavy (non-hydrogen) atoms. The van der Waals surface area contributed by atoms with Gasteiger partial charge in [-0.05, 0) is 63.3 Å². The van der Waals surface area contributed by atoms with Crippen molar-refractivity contribution in [3.05, 3.63) is 52.1 Å². The highest BCUT2D eigenvalue weighted by Crippen LogP contribution is 2.50. The molecule has 0 aromatic heterocycles. The zero-order chi connectivity index (χ0) is 29.3. The van der Waals surface area contributed by atoms with E-state index in [1.165, 1.54) is 24.0 Å². The number of aromatic hydroxyl groups is 2. The molecule has 216 valence electrons. The van der Waals surface area contributed by atoms with Gasteiger partial charge >= 0.3 is 0 Å². The fourth-order valence-electron chi connectivity index (χ4n) is 6.36. The Hall–Kier alpha value is -2.20. The maximum Gasteiger partial charge on any atom is 0.142 e. The summed E-state index contributed by atoms with van der Waals surface area (Å²) in [6, 6.07) is 9.39. The maximum absolute atomic E-state index is 11.9. The standard InChI is InChI=1S/C35H54N2O2/c1-32(2,3)21-17-23(29(38)24(18-21)34(7,8)9)31-36-26-15-13-14-16-27(26)37(31)28-20-22(33(4,5)6)19-25(30(28)39)35(10,11)12/h17-20,26-27,31,36,38-39H,13-16H2,1-12H3. The summed E-state index contributed by atoms with van der Waals surface area (Å²) in [5, 5.41) is 27.8. The van der Waals surface area contributed by atoms with Gasteiger partial charge in [0, 0.05) is 23.2 Å². The summed E-state index contributed by atoms with van der Waals surface area (Å²) in [5.74, 6) is 0.746. The van der Waals surface area contributed by atoms with Crippen molar-refractivity contribution in [2.75, 3.05) is 4.90 Å². The Morgan fingerprint density at radius 1 is 0.641 bits per heavy atom. The van der Waals surface area contributed by atoms with Crippen molar-refractivity contribution in [3.63, 3.8) is 0 Å². The molecule has 0 radical (unpaired) electrons. The highest BCUT2D eigenvalue weighted by Gasteiger charge is 2.45. The van der Waals surface area contributed by atoms with Crippen LogP contribution in [0.15, 0.2) is 24.3 Å². The van der Waals surface area contributed by atoms with Crippen molar-refractivity contribution < 1.29 is 10.2 Å². The molecule has 1 heterocycles. The third-order valence-corrected chi connectivity index (χ3v) is 8.89. The van der Waals surface area contributed by atoms with Crippen LogP contribution >= 0.6 is 0 Å². The first kappa shape index (κ1) is 29.8. The minimum atomic E-state index is -0.226. The lowest BCUT2D eigenvalue weighted by molar-refractivity contribution is 0.384. The maximum atomic E-state index is 11.9. The first-order valence-corrected chi connectivity index (χ1v) is 15.0. The molecule has 0 amide bonds. The predicted molar refractivity (Wildman–Crippen MR) is 165 cm³/mol. The quantitative estimate of drug-likeness (QED) is 0.361. The number of nitrogens with one attached hydrogen (secondary N) is 1. The van der Waals surface area contributed by atoms with E-state index in [0.29, 0.717) is 17.5 Å². The average Bonchev–Trinajstić information content (AvgIpc) is 3.15. The number of benzene rings is 2. The molecule has 1 aliphatic carbocycles. The number of phenols is 2. The van der Waals surface area contributed by atoms with E-state index < -0.39 is 0 Å². The summed E-state index contributed by atoms with van der Waals surface area (Å²) in [6.45, 7) is 26.5. The first-order valence-electron chi connectivity index (χ1n) is 15.0. The van der Waals surface area contributed by atoms with Gasteiger partial charge in [-0.25, -0.2) is 0 Å². The van der Waals surface area contributed by atoms with Crippen LogP contribution in [-0.4, -0.2) is 22.3 Å². The van der Waals surface area contributed by atoms with Crippen molar-refractivity contribution in [3.8, 4) is 11.5 Å². The molecule has 1 aliphatic heterocycles. The van der Waals surface area contributed by atoms with Gasteiger partial charge < -0.3 is 15.1 Å². The van der Waals surface area contributed by atoms with Gasteiger partial charge in [0.1, 0.15) is 17.7 Å². The van der Waals surface area contributed by atoms with Gasteiger partial charge in [-0.15, -0.1) is 0 Å². The highest BCUT2D eigenvalue weighted by atomic mass is 16.3. The minimum absolute atomic E-state index is 0.0632. The second-order valence-corrected chi connectivity index (χ2v) is 16.3. The Balaban J connectivity index is 2.02. The molecule has 2 aromatic rings. The lowest BCUT2D eigenvalue weighted by atomic mass is 9.78. The molecule has 2 aliphatic rings. The van der Waals surface area contributed by atoms with Crippen molar-refractivity contribution in [2.45, 2.75) is 149 Å². The third-order valence-electron chi connectivity index (χ3n) is 8.89. The second-order valence-electron chi connectivity index (χ2n) is 16.3. The zero-order valence-electron chi connectivity index (χ0n) is 26.7. The van der Waals surface area contributed by atoms with Gasteiger partial charge in [-0.1, -0.05) is 108 Å². The van der Waals surface area contributed by atoms with Gasteiger partial charge in [0.2, 0.25) is 0 Å². The molecular weight excluding hydrogens is 480 g/mol. The smallest absolute Gasteiger partial charge is 0.142 e. The Bertz CT molecular complexity index is 1220. The van der Waals surface area contributed by atoms with E-state index in [2.05, 4.69) is 118 Å². The monoisotopic (exact) mass is 534 g/mol. The molecule has 0 spiro atoms. The Morgan fingerprint density at radius 2 is 1.13 bits per heavy atom. The normalized spacial score (nSPS) is 22.8. The summed E-state index contributed by atoms with van der Waals surface area (Å²) in [5.41, 5.74) is 5.66. The molecule has 2 aromatic carbocycles. The number of hydrogen-bond donors (Lipinski definition) is 3. The van der Waals surface area contributed by atoms with Gasteiger partial charge in [0.25, 0.3) is 0 Å². The summed E-state index contributed by atoms with van der Waals surface area (Å²) < 4.78 is 0. The van der Waals surface area contributed by atoms with Crippen LogP contribution in [0.3, 0.4) is 0 Å². The van der Waals surface area contributed by atoms with Crippen LogP contribution in [0, 0.1) is 0 Å². The van der Waals surface area contributed by atoms with E-state index in [0.717, 1.165) is 35.2 Å². The Morgan fingerprint density at radius 3 is 1.64 bits per heavy atom. The number of fused-ring (bicyclic) bond motifs is 1. The number of hydrogen-bond acceptors (Lipinski definition) is 4. The van der Waals surface area contributed by atoms with Crippen molar-refractivity contribution in [2.24, 2.45) is 0 Å². The Kier molecular flexibility index (Phi) is 7.42. The molecule has 4 nitrogen and oxygen atoms in total. The second kappa shape index (κ2) is 9.72. The van der Waals surface area contributed by atoms with Crippen LogP contribution in [0.5, 0.6) is 11.5 Å². The molecule has 4 heteroatoms. The molecule has 1 saturated carbocycles. The SMILES string of the molecule is CC(C)(C)c1cc(C2NC3CCCCC3N2c2cc(C(C)(C)C)cc(C(C)(C)C)c2O)c(O)c(C(C)(C)C)c1. The van der Waals surface area contributed by atoms with Gasteiger partial charge in [-0.3, -0.25) is 5.32 Å². The fraction of sp³-hybridized carbons (Fsp3) is 0.657. The van der Waals surface area contributed by atoms with Gasteiger partial charge in [0.15, 0.2) is 0 Å². The lowest BCUT2D eigenvalue weighted by Crippen LogP contribution is -2.39. The molecule has 3 atom stereocenters. The van der Waals surface area contributed by atoms with Crippen LogP contribution in [0.25, 0.3) is 0 Å². The molecule has 4 rings (SSSR count). The van der Waals surface area contributed by atoms with E-state index in [1.807, 2.05) is 0 Å². The van der Waals surface area contributed by atoms with Crippen LogP contribution < -0.4 is 10.2 Å². The van der Waals surface area contributed by atoms with E-state index in [1.54, 1.807) is 0 Å². The number of phenolic OH excluding ortho intramolecular Hbond substituents is 2. The predicted octanol–water partition coefficient (Wildman–Crippen LogP) is 8.71. The number of anilines is 1. The number of rotatable bonds is 2. The topological polar surface area (TPSA) is 55.7 Å². The van der Waals surface area contributed by atoms with Gasteiger partial charge in [-0.2, -0.15) is 0 Å². The molecule has 3 unspecified atom stereocenters. The highest BCUT2D eigenvalue weighted by molar-refractivity contribution is 5.68. The molecular formula is C35H54N2O2. The van der Waals surface area contributed by atoms with Crippen molar-refractivity contribution in [1.29, 1.82) is 0 Å². The average molecular weight is 535 g/mol. The van der Waals surface area contributed by atoms with E-state index in [4.69, 9.17) is 0 Å². The summed E-state index contributed by atoms with van der Waals surface area (Å²) >= 11 is 0. The first-order chi connectivity index (χ1) is 17.7. The minimum Gasteiger partial charge on any atom is -0.507 e. The largest absolute Gasteiger partial charge is 0.507 e. The van der Waals surface area contributed by atoms with E-state index in [-0.39, 0.29) is 33.9 Å². The summed E-state index contributed by atoms with van der Waals surface area (Å²) in [7, 11) is 0. The van der Waals surface area contributed by atoms with Crippen LogP contribution in [0.2, 0.25) is 0 Å². The van der Waals surface area contributed by atoms with Crippen molar-refractivity contribution in [1.82, 2.24) is 5.32 Å².